The molecular weight excluding hydrogens is 192 g/mol. The zero-order chi connectivity index (χ0) is 11.1. The molecule has 0 spiro atoms. The number of azide groups is 1. The molecule has 1 aliphatic heterocycles. The number of carbonyl (C=O) groups is 1. The molecule has 0 fully saturated rings. The van der Waals surface area contributed by atoms with Crippen molar-refractivity contribution in [3.8, 4) is 0 Å². The van der Waals surface area contributed by atoms with Gasteiger partial charge in [0, 0.05) is 16.3 Å². The fourth-order valence-electron chi connectivity index (χ4n) is 1.67. The van der Waals surface area contributed by atoms with Crippen molar-refractivity contribution in [1.29, 1.82) is 0 Å². The minimum Gasteiger partial charge on any atom is -0.325 e. The second kappa shape index (κ2) is 3.00. The van der Waals surface area contributed by atoms with Crippen LogP contribution in [-0.4, -0.2) is 5.91 Å². The summed E-state index contributed by atoms with van der Waals surface area (Å²) in [7, 11) is 0. The molecule has 0 bridgehead atoms. The van der Waals surface area contributed by atoms with Crippen LogP contribution >= 0.6 is 0 Å². The summed E-state index contributed by atoms with van der Waals surface area (Å²) in [6.45, 7) is 3.68. The van der Waals surface area contributed by atoms with E-state index in [1.165, 1.54) is 0 Å². The van der Waals surface area contributed by atoms with Crippen LogP contribution in [0.15, 0.2) is 23.3 Å². The molecule has 76 valence electrons. The van der Waals surface area contributed by atoms with Crippen LogP contribution in [0.25, 0.3) is 10.4 Å². The number of nitrogens with zero attached hydrogens (tertiary/aromatic N) is 3. The lowest BCUT2D eigenvalue weighted by Crippen LogP contribution is -2.26. The summed E-state index contributed by atoms with van der Waals surface area (Å²) >= 11 is 0. The third kappa shape index (κ3) is 1.33. The Morgan fingerprint density at radius 2 is 2.20 bits per heavy atom. The molecule has 1 aromatic rings. The van der Waals surface area contributed by atoms with Gasteiger partial charge in [-0.05, 0) is 37.1 Å². The third-order valence-corrected chi connectivity index (χ3v) is 2.65. The van der Waals surface area contributed by atoms with Crippen LogP contribution < -0.4 is 5.32 Å². The molecule has 5 nitrogen and oxygen atoms in total. The summed E-state index contributed by atoms with van der Waals surface area (Å²) in [4.78, 5) is 14.3. The fraction of sp³-hybridized carbons (Fsp3) is 0.300. The van der Waals surface area contributed by atoms with Crippen molar-refractivity contribution in [2.45, 2.75) is 19.3 Å². The molecule has 0 saturated carbocycles. The number of hydrogen-bond donors (Lipinski definition) is 1. The number of carbonyl (C=O) groups excluding carboxylic acids is 1. The smallest absolute Gasteiger partial charge is 0.234 e. The van der Waals surface area contributed by atoms with E-state index in [1.54, 1.807) is 18.2 Å². The van der Waals surface area contributed by atoms with E-state index in [1.807, 2.05) is 13.8 Å². The normalized spacial score (nSPS) is 16.5. The maximum absolute atomic E-state index is 11.6. The number of amides is 1. The first kappa shape index (κ1) is 9.55. The SMILES string of the molecule is CC1(C)C(=O)Nc2ccc(N=[N+]=[N-])cc21. The molecule has 0 aromatic heterocycles. The highest BCUT2D eigenvalue weighted by Crippen LogP contribution is 2.39. The van der Waals surface area contributed by atoms with Crippen LogP contribution in [-0.2, 0) is 10.2 Å². The predicted molar refractivity (Wildman–Crippen MR) is 56.9 cm³/mol. The van der Waals surface area contributed by atoms with Crippen LogP contribution in [0.1, 0.15) is 19.4 Å². The van der Waals surface area contributed by atoms with Gasteiger partial charge in [0.15, 0.2) is 0 Å². The second-order valence-electron chi connectivity index (χ2n) is 4.00. The van der Waals surface area contributed by atoms with Crippen molar-refractivity contribution in [2.24, 2.45) is 5.11 Å². The lowest BCUT2D eigenvalue weighted by atomic mass is 9.86. The van der Waals surface area contributed by atoms with Crippen molar-refractivity contribution in [3.05, 3.63) is 34.2 Å². The first-order valence-electron chi connectivity index (χ1n) is 4.57. The lowest BCUT2D eigenvalue weighted by molar-refractivity contribution is -0.119. The van der Waals surface area contributed by atoms with E-state index in [2.05, 4.69) is 15.3 Å². The Hall–Kier alpha value is -2.00. The van der Waals surface area contributed by atoms with Gasteiger partial charge in [-0.15, -0.1) is 0 Å². The summed E-state index contributed by atoms with van der Waals surface area (Å²) in [6.07, 6.45) is 0. The third-order valence-electron chi connectivity index (χ3n) is 2.65. The molecule has 1 heterocycles. The number of rotatable bonds is 1. The zero-order valence-corrected chi connectivity index (χ0v) is 8.48. The van der Waals surface area contributed by atoms with Gasteiger partial charge in [0.2, 0.25) is 5.91 Å². The molecule has 1 amide bonds. The largest absolute Gasteiger partial charge is 0.325 e. The van der Waals surface area contributed by atoms with Crippen molar-refractivity contribution < 1.29 is 4.79 Å². The van der Waals surface area contributed by atoms with Gasteiger partial charge in [0.1, 0.15) is 0 Å². The minimum absolute atomic E-state index is 0.0319. The van der Waals surface area contributed by atoms with Crippen LogP contribution in [0.4, 0.5) is 11.4 Å². The number of hydrogen-bond acceptors (Lipinski definition) is 2. The van der Waals surface area contributed by atoms with Crippen molar-refractivity contribution >= 4 is 17.3 Å². The lowest BCUT2D eigenvalue weighted by Gasteiger charge is -2.14. The molecule has 1 aliphatic rings. The standard InChI is InChI=1S/C10H10N4O/c1-10(2)7-5-6(13-14-11)3-4-8(7)12-9(10)15/h3-5H,1-2H3,(H,12,15). The highest BCUT2D eigenvalue weighted by molar-refractivity contribution is 6.05. The fourth-order valence-corrected chi connectivity index (χ4v) is 1.67. The molecular formula is C10H10N4O. The van der Waals surface area contributed by atoms with E-state index >= 15 is 0 Å². The maximum atomic E-state index is 11.6. The van der Waals surface area contributed by atoms with Gasteiger partial charge in [-0.25, -0.2) is 0 Å². The molecule has 0 saturated heterocycles. The predicted octanol–water partition coefficient (Wildman–Crippen LogP) is 2.86. The van der Waals surface area contributed by atoms with E-state index in [-0.39, 0.29) is 5.91 Å². The van der Waals surface area contributed by atoms with Crippen molar-refractivity contribution in [3.63, 3.8) is 0 Å². The Morgan fingerprint density at radius 1 is 1.47 bits per heavy atom. The van der Waals surface area contributed by atoms with Gasteiger partial charge in [-0.2, -0.15) is 0 Å². The van der Waals surface area contributed by atoms with Gasteiger partial charge < -0.3 is 5.32 Å². The number of anilines is 1. The summed E-state index contributed by atoms with van der Waals surface area (Å²) in [6, 6.07) is 5.18. The van der Waals surface area contributed by atoms with E-state index < -0.39 is 5.41 Å². The molecule has 0 aliphatic carbocycles. The average molecular weight is 202 g/mol. The average Bonchev–Trinajstić information content (AvgIpc) is 2.40. The Kier molecular flexibility index (Phi) is 1.91. The summed E-state index contributed by atoms with van der Waals surface area (Å²) < 4.78 is 0. The van der Waals surface area contributed by atoms with Crippen LogP contribution in [0, 0.1) is 0 Å². The topological polar surface area (TPSA) is 77.9 Å². The molecule has 0 unspecified atom stereocenters. The first-order chi connectivity index (χ1) is 7.05. The molecule has 2 rings (SSSR count). The molecule has 0 radical (unpaired) electrons. The number of fused-ring (bicyclic) bond motifs is 1. The van der Waals surface area contributed by atoms with E-state index in [9.17, 15) is 4.79 Å². The molecule has 15 heavy (non-hydrogen) atoms. The Balaban J connectivity index is 2.59. The van der Waals surface area contributed by atoms with E-state index in [0.717, 1.165) is 11.3 Å². The van der Waals surface area contributed by atoms with Gasteiger partial charge in [0.05, 0.1) is 5.41 Å². The number of nitrogens with one attached hydrogen (secondary N) is 1. The molecule has 0 atom stereocenters. The Labute approximate surface area is 86.7 Å². The molecule has 1 N–H and O–H groups in total. The highest BCUT2D eigenvalue weighted by atomic mass is 16.2. The Bertz CT molecular complexity index is 486. The van der Waals surface area contributed by atoms with Gasteiger partial charge in [0.25, 0.3) is 0 Å². The minimum atomic E-state index is -0.559. The summed E-state index contributed by atoms with van der Waals surface area (Å²) in [5.74, 6) is -0.0319. The van der Waals surface area contributed by atoms with Gasteiger partial charge in [-0.1, -0.05) is 11.2 Å². The first-order valence-corrected chi connectivity index (χ1v) is 4.57. The molecule has 1 aromatic carbocycles. The maximum Gasteiger partial charge on any atom is 0.234 e. The number of benzene rings is 1. The van der Waals surface area contributed by atoms with Crippen LogP contribution in [0.5, 0.6) is 0 Å². The molecule has 5 heteroatoms. The zero-order valence-electron chi connectivity index (χ0n) is 8.48. The summed E-state index contributed by atoms with van der Waals surface area (Å²) in [5, 5.41) is 6.30. The highest BCUT2D eigenvalue weighted by Gasteiger charge is 2.38. The van der Waals surface area contributed by atoms with Crippen molar-refractivity contribution in [2.75, 3.05) is 5.32 Å². The van der Waals surface area contributed by atoms with E-state index in [0.29, 0.717) is 5.69 Å². The van der Waals surface area contributed by atoms with Crippen LogP contribution in [0.3, 0.4) is 0 Å². The van der Waals surface area contributed by atoms with Gasteiger partial charge >= 0.3 is 0 Å². The van der Waals surface area contributed by atoms with Gasteiger partial charge in [-0.3, -0.25) is 4.79 Å². The quantitative estimate of drug-likeness (QED) is 0.424. The van der Waals surface area contributed by atoms with Crippen LogP contribution in [0.2, 0.25) is 0 Å². The monoisotopic (exact) mass is 202 g/mol. The summed E-state index contributed by atoms with van der Waals surface area (Å²) in [5.41, 5.74) is 9.96. The van der Waals surface area contributed by atoms with Crippen molar-refractivity contribution in [1.82, 2.24) is 0 Å². The second-order valence-corrected chi connectivity index (χ2v) is 4.00. The van der Waals surface area contributed by atoms with E-state index in [4.69, 9.17) is 5.53 Å². The Morgan fingerprint density at radius 3 is 2.87 bits per heavy atom.